The van der Waals surface area contributed by atoms with Crippen LogP contribution >= 0.6 is 0 Å². The molecule has 0 spiro atoms. The molecule has 0 saturated carbocycles. The van der Waals surface area contributed by atoms with E-state index in [4.69, 9.17) is 6.42 Å². The Bertz CT molecular complexity index is 232. The number of terminal acetylenes is 1. The minimum atomic E-state index is 0.366. The molecule has 0 atom stereocenters. The van der Waals surface area contributed by atoms with E-state index in [0.717, 1.165) is 12.8 Å². The molecule has 2 nitrogen and oxygen atoms in total. The van der Waals surface area contributed by atoms with Crippen molar-refractivity contribution in [3.63, 3.8) is 0 Å². The van der Waals surface area contributed by atoms with Crippen LogP contribution in [0.1, 0.15) is 40.0 Å². The largest absolute Gasteiger partial charge is 0.301 e. The van der Waals surface area contributed by atoms with Crippen LogP contribution in [0.3, 0.4) is 0 Å². The summed E-state index contributed by atoms with van der Waals surface area (Å²) in [7, 11) is 0. The number of hydrogen-bond donors (Lipinski definition) is 0. The summed E-state index contributed by atoms with van der Waals surface area (Å²) in [4.78, 5) is 5.16. The van der Waals surface area contributed by atoms with Gasteiger partial charge in [0, 0.05) is 38.1 Å². The minimum absolute atomic E-state index is 0.366. The average Bonchev–Trinajstić information content (AvgIpc) is 2.30. The zero-order chi connectivity index (χ0) is 12.0. The molecule has 2 heteroatoms. The van der Waals surface area contributed by atoms with E-state index < -0.39 is 0 Å². The Hall–Kier alpha value is -0.520. The van der Waals surface area contributed by atoms with Crippen molar-refractivity contribution < 1.29 is 0 Å². The van der Waals surface area contributed by atoms with Gasteiger partial charge >= 0.3 is 0 Å². The first kappa shape index (κ1) is 13.5. The highest BCUT2D eigenvalue weighted by molar-refractivity contribution is 4.86. The predicted octanol–water partition coefficient (Wildman–Crippen LogP) is 2.21. The second-order valence-electron chi connectivity index (χ2n) is 5.30. The molecule has 0 aromatic heterocycles. The van der Waals surface area contributed by atoms with Gasteiger partial charge in [0.05, 0.1) is 0 Å². The molecule has 1 saturated heterocycles. The summed E-state index contributed by atoms with van der Waals surface area (Å²) in [6, 6.07) is 0. The average molecular weight is 222 g/mol. The van der Waals surface area contributed by atoms with Gasteiger partial charge in [-0.15, -0.1) is 12.3 Å². The Morgan fingerprint density at radius 1 is 1.19 bits per heavy atom. The lowest BCUT2D eigenvalue weighted by molar-refractivity contribution is 0.0498. The smallest absolute Gasteiger partial charge is 0.0151 e. The normalized spacial score (nSPS) is 19.6. The van der Waals surface area contributed by atoms with Gasteiger partial charge in [0.15, 0.2) is 0 Å². The van der Waals surface area contributed by atoms with Gasteiger partial charge in [0.25, 0.3) is 0 Å². The third-order valence-corrected chi connectivity index (χ3v) is 3.89. The van der Waals surface area contributed by atoms with Crippen molar-refractivity contribution >= 4 is 0 Å². The number of unbranched alkanes of at least 4 members (excludes halogenated alkanes) is 1. The molecule has 0 unspecified atom stereocenters. The van der Waals surface area contributed by atoms with Crippen molar-refractivity contribution in [2.24, 2.45) is 0 Å². The molecule has 1 heterocycles. The highest BCUT2D eigenvalue weighted by Crippen LogP contribution is 2.20. The first-order valence-corrected chi connectivity index (χ1v) is 6.51. The van der Waals surface area contributed by atoms with Crippen molar-refractivity contribution in [3.8, 4) is 12.3 Å². The molecule has 1 rings (SSSR count). The Labute approximate surface area is 101 Å². The maximum absolute atomic E-state index is 5.26. The maximum atomic E-state index is 5.26. The lowest BCUT2D eigenvalue weighted by Gasteiger charge is -2.43. The molecule has 0 N–H and O–H groups in total. The third kappa shape index (κ3) is 3.81. The van der Waals surface area contributed by atoms with Crippen LogP contribution in [0.5, 0.6) is 0 Å². The van der Waals surface area contributed by atoms with E-state index in [1.165, 1.54) is 39.1 Å². The van der Waals surface area contributed by atoms with Crippen LogP contribution in [-0.4, -0.2) is 48.1 Å². The second kappa shape index (κ2) is 6.27. The van der Waals surface area contributed by atoms with Gasteiger partial charge in [0.1, 0.15) is 0 Å². The summed E-state index contributed by atoms with van der Waals surface area (Å²) < 4.78 is 0. The monoisotopic (exact) mass is 222 g/mol. The molecule has 1 aliphatic rings. The van der Waals surface area contributed by atoms with Gasteiger partial charge in [0.2, 0.25) is 0 Å². The molecule has 92 valence electrons. The molecule has 0 aromatic carbocycles. The molecule has 1 aliphatic heterocycles. The van der Waals surface area contributed by atoms with Gasteiger partial charge in [-0.3, -0.25) is 4.90 Å². The Morgan fingerprint density at radius 2 is 1.81 bits per heavy atom. The van der Waals surface area contributed by atoms with Crippen LogP contribution in [0.4, 0.5) is 0 Å². The van der Waals surface area contributed by atoms with Crippen molar-refractivity contribution in [1.29, 1.82) is 0 Å². The van der Waals surface area contributed by atoms with Crippen LogP contribution in [-0.2, 0) is 0 Å². The highest BCUT2D eigenvalue weighted by Gasteiger charge is 2.27. The fraction of sp³-hybridized carbons (Fsp3) is 0.857. The number of hydrogen-bond acceptors (Lipinski definition) is 2. The lowest BCUT2D eigenvalue weighted by Crippen LogP contribution is -2.54. The van der Waals surface area contributed by atoms with E-state index in [1.807, 2.05) is 0 Å². The standard InChI is InChI=1S/C14H26N2/c1-5-7-8-9-15-10-12-16(13-11-15)14(3,4)6-2/h1H,6-13H2,2-4H3. The van der Waals surface area contributed by atoms with Gasteiger partial charge in [-0.25, -0.2) is 0 Å². The summed E-state index contributed by atoms with van der Waals surface area (Å²) in [6.07, 6.45) is 8.55. The molecule has 0 aliphatic carbocycles. The van der Waals surface area contributed by atoms with Crippen LogP contribution < -0.4 is 0 Å². The third-order valence-electron chi connectivity index (χ3n) is 3.89. The molecule has 0 amide bonds. The van der Waals surface area contributed by atoms with Gasteiger partial charge in [-0.05, 0) is 33.2 Å². The summed E-state index contributed by atoms with van der Waals surface area (Å²) in [5.74, 6) is 2.71. The van der Waals surface area contributed by atoms with Crippen molar-refractivity contribution in [2.45, 2.75) is 45.6 Å². The minimum Gasteiger partial charge on any atom is -0.301 e. The molecular weight excluding hydrogens is 196 g/mol. The summed E-state index contributed by atoms with van der Waals surface area (Å²) in [5.41, 5.74) is 0.366. The summed E-state index contributed by atoms with van der Waals surface area (Å²) >= 11 is 0. The van der Waals surface area contributed by atoms with Crippen LogP contribution in [0, 0.1) is 12.3 Å². The molecule has 0 aromatic rings. The molecule has 16 heavy (non-hydrogen) atoms. The van der Waals surface area contributed by atoms with Crippen molar-refractivity contribution in [1.82, 2.24) is 9.80 Å². The van der Waals surface area contributed by atoms with E-state index >= 15 is 0 Å². The first-order valence-electron chi connectivity index (χ1n) is 6.51. The summed E-state index contributed by atoms with van der Waals surface area (Å²) in [6.45, 7) is 13.0. The first-order chi connectivity index (χ1) is 7.60. The van der Waals surface area contributed by atoms with Gasteiger partial charge < -0.3 is 4.90 Å². The zero-order valence-corrected chi connectivity index (χ0v) is 11.1. The fourth-order valence-corrected chi connectivity index (χ4v) is 2.21. The molecule has 0 radical (unpaired) electrons. The fourth-order valence-electron chi connectivity index (χ4n) is 2.21. The molecular formula is C14H26N2. The van der Waals surface area contributed by atoms with E-state index in [2.05, 4.69) is 36.5 Å². The van der Waals surface area contributed by atoms with Gasteiger partial charge in [-0.1, -0.05) is 6.92 Å². The maximum Gasteiger partial charge on any atom is 0.0151 e. The van der Waals surface area contributed by atoms with Crippen LogP contribution in [0.2, 0.25) is 0 Å². The number of rotatable bonds is 5. The second-order valence-corrected chi connectivity index (χ2v) is 5.30. The van der Waals surface area contributed by atoms with E-state index in [9.17, 15) is 0 Å². The predicted molar refractivity (Wildman–Crippen MR) is 70.5 cm³/mol. The highest BCUT2D eigenvalue weighted by atomic mass is 15.3. The number of piperazine rings is 1. The quantitative estimate of drug-likeness (QED) is 0.520. The van der Waals surface area contributed by atoms with E-state index in [0.29, 0.717) is 5.54 Å². The lowest BCUT2D eigenvalue weighted by atomic mass is 9.98. The molecule has 0 bridgehead atoms. The van der Waals surface area contributed by atoms with Crippen molar-refractivity contribution in [2.75, 3.05) is 32.7 Å². The van der Waals surface area contributed by atoms with E-state index in [1.54, 1.807) is 0 Å². The number of nitrogens with zero attached hydrogens (tertiary/aromatic N) is 2. The van der Waals surface area contributed by atoms with E-state index in [-0.39, 0.29) is 0 Å². The molecule has 1 fully saturated rings. The Morgan fingerprint density at radius 3 is 2.31 bits per heavy atom. The van der Waals surface area contributed by atoms with Crippen molar-refractivity contribution in [3.05, 3.63) is 0 Å². The topological polar surface area (TPSA) is 6.48 Å². The van der Waals surface area contributed by atoms with Crippen LogP contribution in [0.15, 0.2) is 0 Å². The van der Waals surface area contributed by atoms with Crippen LogP contribution in [0.25, 0.3) is 0 Å². The Kier molecular flexibility index (Phi) is 5.31. The Balaban J connectivity index is 2.26. The summed E-state index contributed by atoms with van der Waals surface area (Å²) in [5, 5.41) is 0. The SMILES string of the molecule is C#CCCCN1CCN(C(C)(C)CC)CC1. The van der Waals surface area contributed by atoms with Gasteiger partial charge in [-0.2, -0.15) is 0 Å². The zero-order valence-electron chi connectivity index (χ0n) is 11.1.